The van der Waals surface area contributed by atoms with Gasteiger partial charge in [-0.3, -0.25) is 4.79 Å². The number of rotatable bonds is 6. The molecule has 7 nitrogen and oxygen atoms in total. The Morgan fingerprint density at radius 3 is 2.61 bits per heavy atom. The first-order chi connectivity index (χ1) is 13.5. The number of ether oxygens (including phenoxy) is 2. The average Bonchev–Trinajstić information content (AvgIpc) is 2.73. The fraction of sp³-hybridized carbons (Fsp3) is 0.286. The van der Waals surface area contributed by atoms with Gasteiger partial charge in [0.25, 0.3) is 5.91 Å². The Balaban J connectivity index is 2.15. The Labute approximate surface area is 163 Å². The summed E-state index contributed by atoms with van der Waals surface area (Å²) in [4.78, 5) is 12.5. The maximum Gasteiger partial charge on any atom is 0.274 e. The summed E-state index contributed by atoms with van der Waals surface area (Å²) in [6.07, 6.45) is 0.812. The molecule has 7 heteroatoms. The molecule has 0 aliphatic rings. The molecule has 28 heavy (non-hydrogen) atoms. The number of benzene rings is 2. The van der Waals surface area contributed by atoms with Crippen LogP contribution >= 0.6 is 0 Å². The Hall–Kier alpha value is -3.35. The number of carbonyl (C=O) groups is 1. The fourth-order valence-corrected chi connectivity index (χ4v) is 2.95. The maximum absolute atomic E-state index is 12.5. The van der Waals surface area contributed by atoms with Gasteiger partial charge in [-0.2, -0.15) is 0 Å². The molecule has 1 unspecified atom stereocenters. The second-order valence-electron chi connectivity index (χ2n) is 6.51. The SMILES string of the molecule is CCC(C)NC(=O)c1nnc2c(-c3cc(OC)ccc3OC)cccc2c1N. The number of nitrogens with zero attached hydrogens (tertiary/aromatic N) is 2. The molecule has 3 rings (SSSR count). The summed E-state index contributed by atoms with van der Waals surface area (Å²) >= 11 is 0. The second kappa shape index (κ2) is 8.12. The predicted octanol–water partition coefficient (Wildman–Crippen LogP) is 3.42. The molecule has 3 aromatic rings. The third kappa shape index (κ3) is 3.55. The topological polar surface area (TPSA) is 99.4 Å². The molecule has 0 saturated heterocycles. The monoisotopic (exact) mass is 380 g/mol. The van der Waals surface area contributed by atoms with Gasteiger partial charge in [-0.1, -0.05) is 25.1 Å². The van der Waals surface area contributed by atoms with Crippen molar-refractivity contribution >= 4 is 22.5 Å². The van der Waals surface area contributed by atoms with Gasteiger partial charge in [-0.25, -0.2) is 0 Å². The maximum atomic E-state index is 12.5. The lowest BCUT2D eigenvalue weighted by Crippen LogP contribution is -2.33. The van der Waals surface area contributed by atoms with Crippen LogP contribution in [0.3, 0.4) is 0 Å². The highest BCUT2D eigenvalue weighted by atomic mass is 16.5. The van der Waals surface area contributed by atoms with Gasteiger partial charge in [-0.15, -0.1) is 10.2 Å². The summed E-state index contributed by atoms with van der Waals surface area (Å²) < 4.78 is 10.8. The number of fused-ring (bicyclic) bond motifs is 1. The zero-order chi connectivity index (χ0) is 20.3. The van der Waals surface area contributed by atoms with Crippen molar-refractivity contribution in [3.8, 4) is 22.6 Å². The Morgan fingerprint density at radius 2 is 1.93 bits per heavy atom. The largest absolute Gasteiger partial charge is 0.497 e. The van der Waals surface area contributed by atoms with Gasteiger partial charge >= 0.3 is 0 Å². The highest BCUT2D eigenvalue weighted by molar-refractivity contribution is 6.07. The van der Waals surface area contributed by atoms with Crippen LogP contribution < -0.4 is 20.5 Å². The summed E-state index contributed by atoms with van der Waals surface area (Å²) in [6, 6.07) is 11.2. The first-order valence-electron chi connectivity index (χ1n) is 9.08. The number of hydrogen-bond donors (Lipinski definition) is 2. The van der Waals surface area contributed by atoms with Crippen molar-refractivity contribution in [2.24, 2.45) is 0 Å². The van der Waals surface area contributed by atoms with Crippen molar-refractivity contribution in [1.29, 1.82) is 0 Å². The van der Waals surface area contributed by atoms with Crippen LogP contribution in [0.5, 0.6) is 11.5 Å². The van der Waals surface area contributed by atoms with Crippen molar-refractivity contribution in [2.45, 2.75) is 26.3 Å². The number of nitrogens with two attached hydrogens (primary N) is 1. The summed E-state index contributed by atoms with van der Waals surface area (Å²) in [5.74, 6) is 1.04. The van der Waals surface area contributed by atoms with E-state index in [4.69, 9.17) is 15.2 Å². The molecule has 0 bridgehead atoms. The van der Waals surface area contributed by atoms with Gasteiger partial charge in [0.15, 0.2) is 5.69 Å². The minimum atomic E-state index is -0.328. The molecule has 0 aliphatic heterocycles. The molecular weight excluding hydrogens is 356 g/mol. The zero-order valence-electron chi connectivity index (χ0n) is 16.4. The summed E-state index contributed by atoms with van der Waals surface area (Å²) in [5, 5.41) is 12.0. The van der Waals surface area contributed by atoms with Crippen LogP contribution in [0.4, 0.5) is 5.69 Å². The Morgan fingerprint density at radius 1 is 1.14 bits per heavy atom. The van der Waals surface area contributed by atoms with E-state index in [1.807, 2.05) is 50.2 Å². The van der Waals surface area contributed by atoms with Crippen molar-refractivity contribution in [3.05, 3.63) is 42.1 Å². The number of nitrogens with one attached hydrogen (secondary N) is 1. The van der Waals surface area contributed by atoms with Gasteiger partial charge in [0.05, 0.1) is 19.9 Å². The van der Waals surface area contributed by atoms with Crippen LogP contribution in [0.25, 0.3) is 22.0 Å². The number of hydrogen-bond acceptors (Lipinski definition) is 6. The van der Waals surface area contributed by atoms with Crippen LogP contribution in [0.15, 0.2) is 36.4 Å². The number of methoxy groups -OCH3 is 2. The van der Waals surface area contributed by atoms with Crippen LogP contribution in [0, 0.1) is 0 Å². The quantitative estimate of drug-likeness (QED) is 0.680. The molecule has 0 spiro atoms. The fourth-order valence-electron chi connectivity index (χ4n) is 2.95. The summed E-state index contributed by atoms with van der Waals surface area (Å²) in [7, 11) is 3.21. The second-order valence-corrected chi connectivity index (χ2v) is 6.51. The van der Waals surface area contributed by atoms with Crippen molar-refractivity contribution < 1.29 is 14.3 Å². The molecule has 0 aliphatic carbocycles. The van der Waals surface area contributed by atoms with Crippen LogP contribution in [0.1, 0.15) is 30.8 Å². The minimum Gasteiger partial charge on any atom is -0.497 e. The molecule has 0 saturated carbocycles. The highest BCUT2D eigenvalue weighted by Crippen LogP contribution is 2.37. The first-order valence-corrected chi connectivity index (χ1v) is 9.08. The average molecular weight is 380 g/mol. The molecule has 0 fully saturated rings. The normalized spacial score (nSPS) is 11.9. The van der Waals surface area contributed by atoms with E-state index < -0.39 is 0 Å². The van der Waals surface area contributed by atoms with Gasteiger partial charge in [0, 0.05) is 22.6 Å². The first kappa shape index (κ1) is 19.4. The van der Waals surface area contributed by atoms with E-state index in [1.54, 1.807) is 14.2 Å². The standard InChI is InChI=1S/C21H24N4O3/c1-5-12(2)23-21(26)20-18(22)15-8-6-7-14(19(15)24-25-20)16-11-13(27-3)9-10-17(16)28-4/h6-12H,5H2,1-4H3,(H2,22,24)(H,23,26). The van der Waals surface area contributed by atoms with Gasteiger partial charge in [-0.05, 0) is 31.5 Å². The molecule has 1 aromatic heterocycles. The van der Waals surface area contributed by atoms with Crippen LogP contribution in [0.2, 0.25) is 0 Å². The number of carbonyl (C=O) groups excluding carboxylic acids is 1. The summed E-state index contributed by atoms with van der Waals surface area (Å²) in [6.45, 7) is 3.92. The molecule has 0 radical (unpaired) electrons. The van der Waals surface area contributed by atoms with E-state index >= 15 is 0 Å². The van der Waals surface area contributed by atoms with Crippen molar-refractivity contribution in [1.82, 2.24) is 15.5 Å². The molecule has 1 atom stereocenters. The van der Waals surface area contributed by atoms with Gasteiger partial charge < -0.3 is 20.5 Å². The number of aromatic nitrogens is 2. The number of amides is 1. The predicted molar refractivity (Wildman–Crippen MR) is 110 cm³/mol. The third-order valence-corrected chi connectivity index (χ3v) is 4.73. The molecule has 2 aromatic carbocycles. The lowest BCUT2D eigenvalue weighted by atomic mass is 10.00. The minimum absolute atomic E-state index is 0.0248. The van der Waals surface area contributed by atoms with E-state index in [2.05, 4.69) is 15.5 Å². The van der Waals surface area contributed by atoms with E-state index in [0.717, 1.165) is 17.5 Å². The van der Waals surface area contributed by atoms with Crippen molar-refractivity contribution in [3.63, 3.8) is 0 Å². The molecule has 146 valence electrons. The van der Waals surface area contributed by atoms with Gasteiger partial charge in [0.1, 0.15) is 17.0 Å². The van der Waals surface area contributed by atoms with E-state index in [0.29, 0.717) is 28.1 Å². The molecule has 1 amide bonds. The third-order valence-electron chi connectivity index (χ3n) is 4.73. The van der Waals surface area contributed by atoms with Crippen molar-refractivity contribution in [2.75, 3.05) is 20.0 Å². The lowest BCUT2D eigenvalue weighted by molar-refractivity contribution is 0.0934. The number of nitrogen functional groups attached to an aromatic ring is 1. The zero-order valence-corrected chi connectivity index (χ0v) is 16.4. The van der Waals surface area contributed by atoms with Gasteiger partial charge in [0.2, 0.25) is 0 Å². The molecule has 3 N–H and O–H groups in total. The van der Waals surface area contributed by atoms with Crippen LogP contribution in [-0.2, 0) is 0 Å². The van der Waals surface area contributed by atoms with E-state index in [9.17, 15) is 4.79 Å². The Bertz CT molecular complexity index is 1020. The number of anilines is 1. The van der Waals surface area contributed by atoms with E-state index in [1.165, 1.54) is 0 Å². The van der Waals surface area contributed by atoms with Crippen LogP contribution in [-0.4, -0.2) is 36.4 Å². The van der Waals surface area contributed by atoms with E-state index in [-0.39, 0.29) is 17.6 Å². The highest BCUT2D eigenvalue weighted by Gasteiger charge is 2.19. The molecule has 1 heterocycles. The summed E-state index contributed by atoms with van der Waals surface area (Å²) in [5.41, 5.74) is 8.91. The lowest BCUT2D eigenvalue weighted by Gasteiger charge is -2.15. The Kier molecular flexibility index (Phi) is 5.63. The molecular formula is C21H24N4O3. The smallest absolute Gasteiger partial charge is 0.274 e.